The van der Waals surface area contributed by atoms with Gasteiger partial charge in [-0.1, -0.05) is 18.6 Å². The van der Waals surface area contributed by atoms with E-state index in [0.717, 1.165) is 19.4 Å². The molecule has 19 heavy (non-hydrogen) atoms. The lowest BCUT2D eigenvalue weighted by Gasteiger charge is -2.12. The summed E-state index contributed by atoms with van der Waals surface area (Å²) in [4.78, 5) is 10.3. The fourth-order valence-corrected chi connectivity index (χ4v) is 1.74. The van der Waals surface area contributed by atoms with Crippen LogP contribution in [0.25, 0.3) is 0 Å². The Morgan fingerprint density at radius 1 is 1.21 bits per heavy atom. The lowest BCUT2D eigenvalue weighted by molar-refractivity contribution is -0.137. The second-order valence-corrected chi connectivity index (χ2v) is 4.48. The SMILES string of the molecule is O=C(O)CCCCCNCC(O)c1ccc(F)cc1. The number of unbranched alkanes of at least 4 members (excludes halogenated alkanes) is 2. The maximum Gasteiger partial charge on any atom is 0.303 e. The Morgan fingerprint density at radius 2 is 1.89 bits per heavy atom. The van der Waals surface area contributed by atoms with E-state index in [9.17, 15) is 14.3 Å². The summed E-state index contributed by atoms with van der Waals surface area (Å²) in [6.45, 7) is 1.14. The zero-order chi connectivity index (χ0) is 14.1. The molecule has 0 saturated heterocycles. The third-order valence-electron chi connectivity index (χ3n) is 2.84. The van der Waals surface area contributed by atoms with Crippen LogP contribution < -0.4 is 5.32 Å². The summed E-state index contributed by atoms with van der Waals surface area (Å²) < 4.78 is 12.7. The third kappa shape index (κ3) is 6.88. The minimum atomic E-state index is -0.764. The molecule has 0 amide bonds. The minimum absolute atomic E-state index is 0.207. The summed E-state index contributed by atoms with van der Waals surface area (Å²) in [5.41, 5.74) is 0.680. The molecule has 1 rings (SSSR count). The van der Waals surface area contributed by atoms with Gasteiger partial charge in [0.15, 0.2) is 0 Å². The fourth-order valence-electron chi connectivity index (χ4n) is 1.74. The first-order chi connectivity index (χ1) is 9.09. The highest BCUT2D eigenvalue weighted by molar-refractivity contribution is 5.66. The van der Waals surface area contributed by atoms with Gasteiger partial charge in [0.05, 0.1) is 6.10 Å². The molecular formula is C14H20FNO3. The third-order valence-corrected chi connectivity index (χ3v) is 2.84. The van der Waals surface area contributed by atoms with Crippen LogP contribution in [-0.2, 0) is 4.79 Å². The summed E-state index contributed by atoms with van der Waals surface area (Å²) in [5.74, 6) is -1.08. The van der Waals surface area contributed by atoms with Gasteiger partial charge in [0.2, 0.25) is 0 Å². The van der Waals surface area contributed by atoms with E-state index < -0.39 is 12.1 Å². The summed E-state index contributed by atoms with van der Waals surface area (Å²) in [5, 5.41) is 21.4. The van der Waals surface area contributed by atoms with E-state index in [1.807, 2.05) is 0 Å². The number of halogens is 1. The first-order valence-corrected chi connectivity index (χ1v) is 6.45. The molecule has 106 valence electrons. The number of hydrogen-bond donors (Lipinski definition) is 3. The van der Waals surface area contributed by atoms with Crippen molar-refractivity contribution in [2.24, 2.45) is 0 Å². The molecule has 0 bridgehead atoms. The van der Waals surface area contributed by atoms with Gasteiger partial charge in [0.1, 0.15) is 5.82 Å². The van der Waals surface area contributed by atoms with Gasteiger partial charge in [-0.3, -0.25) is 4.79 Å². The molecular weight excluding hydrogens is 249 g/mol. The number of nitrogens with one attached hydrogen (secondary N) is 1. The molecule has 1 aromatic rings. The van der Waals surface area contributed by atoms with Crippen molar-refractivity contribution in [1.82, 2.24) is 5.32 Å². The molecule has 5 heteroatoms. The van der Waals surface area contributed by atoms with Gasteiger partial charge < -0.3 is 15.5 Å². The van der Waals surface area contributed by atoms with Gasteiger partial charge in [0, 0.05) is 13.0 Å². The van der Waals surface area contributed by atoms with Crippen LogP contribution in [0.1, 0.15) is 37.4 Å². The molecule has 1 unspecified atom stereocenters. The van der Waals surface area contributed by atoms with Crippen molar-refractivity contribution in [2.45, 2.75) is 31.8 Å². The van der Waals surface area contributed by atoms with Crippen LogP contribution in [0.4, 0.5) is 4.39 Å². The molecule has 4 nitrogen and oxygen atoms in total. The molecule has 3 N–H and O–H groups in total. The zero-order valence-corrected chi connectivity index (χ0v) is 10.8. The number of benzene rings is 1. The standard InChI is InChI=1S/C14H20FNO3/c15-12-7-5-11(6-8-12)13(17)10-16-9-3-1-2-4-14(18)19/h5-8,13,16-17H,1-4,9-10H2,(H,18,19). The molecule has 0 aromatic heterocycles. The Hall–Kier alpha value is -1.46. The van der Waals surface area contributed by atoms with Gasteiger partial charge in [-0.2, -0.15) is 0 Å². The predicted molar refractivity (Wildman–Crippen MR) is 70.3 cm³/mol. The number of rotatable bonds is 9. The molecule has 0 saturated carbocycles. The van der Waals surface area contributed by atoms with E-state index in [2.05, 4.69) is 5.32 Å². The molecule has 0 heterocycles. The number of carboxylic acid groups (broad SMARTS) is 1. The predicted octanol–water partition coefficient (Wildman–Crippen LogP) is 2.09. The van der Waals surface area contributed by atoms with E-state index in [4.69, 9.17) is 5.11 Å². The average Bonchev–Trinajstić information content (AvgIpc) is 2.38. The largest absolute Gasteiger partial charge is 0.481 e. The van der Waals surface area contributed by atoms with E-state index in [1.165, 1.54) is 12.1 Å². The average molecular weight is 269 g/mol. The van der Waals surface area contributed by atoms with Crippen molar-refractivity contribution in [2.75, 3.05) is 13.1 Å². The van der Waals surface area contributed by atoms with Crippen LogP contribution in [0.2, 0.25) is 0 Å². The lowest BCUT2D eigenvalue weighted by atomic mass is 10.1. The Morgan fingerprint density at radius 3 is 2.53 bits per heavy atom. The van der Waals surface area contributed by atoms with Crippen molar-refractivity contribution in [3.63, 3.8) is 0 Å². The van der Waals surface area contributed by atoms with Gasteiger partial charge in [-0.15, -0.1) is 0 Å². The quantitative estimate of drug-likeness (QED) is 0.600. The molecule has 0 aliphatic heterocycles. The number of carboxylic acids is 1. The summed E-state index contributed by atoms with van der Waals surface area (Å²) in [6.07, 6.45) is 1.96. The molecule has 0 radical (unpaired) electrons. The van der Waals surface area contributed by atoms with Crippen LogP contribution in [0.15, 0.2) is 24.3 Å². The van der Waals surface area contributed by atoms with E-state index in [-0.39, 0.29) is 12.2 Å². The Bertz CT molecular complexity index is 381. The highest BCUT2D eigenvalue weighted by Gasteiger charge is 2.06. The highest BCUT2D eigenvalue weighted by Crippen LogP contribution is 2.12. The molecule has 0 aliphatic rings. The number of carbonyl (C=O) groups is 1. The van der Waals surface area contributed by atoms with Gasteiger partial charge in [-0.05, 0) is 37.1 Å². The number of hydrogen-bond acceptors (Lipinski definition) is 3. The van der Waals surface area contributed by atoms with Crippen molar-refractivity contribution in [3.05, 3.63) is 35.6 Å². The highest BCUT2D eigenvalue weighted by atomic mass is 19.1. The maximum atomic E-state index is 12.7. The topological polar surface area (TPSA) is 69.6 Å². The van der Waals surface area contributed by atoms with Crippen LogP contribution in [0.5, 0.6) is 0 Å². The number of aliphatic hydroxyl groups excluding tert-OH is 1. The molecule has 1 aromatic carbocycles. The fraction of sp³-hybridized carbons (Fsp3) is 0.500. The van der Waals surface area contributed by atoms with Crippen LogP contribution >= 0.6 is 0 Å². The zero-order valence-electron chi connectivity index (χ0n) is 10.8. The summed E-state index contributed by atoms with van der Waals surface area (Å²) in [6, 6.07) is 5.78. The van der Waals surface area contributed by atoms with E-state index >= 15 is 0 Å². The Kier molecular flexibility index (Phi) is 7.07. The van der Waals surface area contributed by atoms with E-state index in [1.54, 1.807) is 12.1 Å². The first kappa shape index (κ1) is 15.6. The van der Waals surface area contributed by atoms with Crippen molar-refractivity contribution in [1.29, 1.82) is 0 Å². The normalized spacial score (nSPS) is 12.3. The smallest absolute Gasteiger partial charge is 0.303 e. The second-order valence-electron chi connectivity index (χ2n) is 4.48. The number of aliphatic carboxylic acids is 1. The van der Waals surface area contributed by atoms with Crippen molar-refractivity contribution < 1.29 is 19.4 Å². The summed E-state index contributed by atoms with van der Waals surface area (Å²) >= 11 is 0. The Labute approximate surface area is 112 Å². The monoisotopic (exact) mass is 269 g/mol. The first-order valence-electron chi connectivity index (χ1n) is 6.45. The van der Waals surface area contributed by atoms with Crippen LogP contribution in [0, 0.1) is 5.82 Å². The van der Waals surface area contributed by atoms with Gasteiger partial charge in [-0.25, -0.2) is 4.39 Å². The van der Waals surface area contributed by atoms with Crippen LogP contribution in [-0.4, -0.2) is 29.3 Å². The van der Waals surface area contributed by atoms with E-state index in [0.29, 0.717) is 18.5 Å². The summed E-state index contributed by atoms with van der Waals surface area (Å²) in [7, 11) is 0. The molecule has 0 spiro atoms. The maximum absolute atomic E-state index is 12.7. The number of aliphatic hydroxyl groups is 1. The van der Waals surface area contributed by atoms with Gasteiger partial charge >= 0.3 is 5.97 Å². The Balaban J connectivity index is 2.09. The molecule has 0 fully saturated rings. The molecule has 1 atom stereocenters. The second kappa shape index (κ2) is 8.61. The van der Waals surface area contributed by atoms with Crippen LogP contribution in [0.3, 0.4) is 0 Å². The van der Waals surface area contributed by atoms with Crippen molar-refractivity contribution >= 4 is 5.97 Å². The lowest BCUT2D eigenvalue weighted by Crippen LogP contribution is -2.22. The van der Waals surface area contributed by atoms with Gasteiger partial charge in [0.25, 0.3) is 0 Å². The van der Waals surface area contributed by atoms with Crippen molar-refractivity contribution in [3.8, 4) is 0 Å². The minimum Gasteiger partial charge on any atom is -0.481 e. The molecule has 0 aliphatic carbocycles.